The minimum atomic E-state index is 0.0727. The van der Waals surface area contributed by atoms with Gasteiger partial charge in [0, 0.05) is 30.5 Å². The van der Waals surface area contributed by atoms with Gasteiger partial charge in [0.1, 0.15) is 0 Å². The van der Waals surface area contributed by atoms with Crippen molar-refractivity contribution in [3.05, 3.63) is 65.2 Å². The lowest BCUT2D eigenvalue weighted by atomic mass is 9.90. The van der Waals surface area contributed by atoms with Crippen LogP contribution in [-0.2, 0) is 16.1 Å². The van der Waals surface area contributed by atoms with Gasteiger partial charge in [-0.25, -0.2) is 0 Å². The zero-order chi connectivity index (χ0) is 23.7. The lowest BCUT2D eigenvalue weighted by molar-refractivity contribution is -0.122. The van der Waals surface area contributed by atoms with E-state index in [-0.39, 0.29) is 11.8 Å². The summed E-state index contributed by atoms with van der Waals surface area (Å²) in [6.45, 7) is 7.97. The summed E-state index contributed by atoms with van der Waals surface area (Å²) in [5.41, 5.74) is 4.09. The van der Waals surface area contributed by atoms with Crippen molar-refractivity contribution >= 4 is 17.5 Å². The van der Waals surface area contributed by atoms with Crippen molar-refractivity contribution < 1.29 is 9.59 Å². The molecule has 0 bridgehead atoms. The minimum Gasteiger partial charge on any atom is -0.356 e. The number of unbranched alkanes of at least 4 members (excludes halogenated alkanes) is 2. The Labute approximate surface area is 198 Å². The number of carbonyl (C=O) groups excluding carboxylic acids is 2. The summed E-state index contributed by atoms with van der Waals surface area (Å²) >= 11 is 0. The first-order valence-electron chi connectivity index (χ1n) is 12.1. The van der Waals surface area contributed by atoms with E-state index in [1.165, 1.54) is 6.42 Å². The van der Waals surface area contributed by atoms with E-state index in [4.69, 9.17) is 0 Å². The van der Waals surface area contributed by atoms with Crippen LogP contribution in [0.4, 0.5) is 5.69 Å². The van der Waals surface area contributed by atoms with E-state index in [1.807, 2.05) is 53.4 Å². The summed E-state index contributed by atoms with van der Waals surface area (Å²) in [5, 5.41) is 3.01. The topological polar surface area (TPSA) is 49.4 Å². The first-order valence-corrected chi connectivity index (χ1v) is 12.1. The van der Waals surface area contributed by atoms with E-state index in [2.05, 4.69) is 37.9 Å². The molecular weight excluding hydrogens is 408 g/mol. The van der Waals surface area contributed by atoms with Crippen LogP contribution in [0.15, 0.2) is 48.5 Å². The molecule has 3 rings (SSSR count). The minimum absolute atomic E-state index is 0.0727. The maximum absolute atomic E-state index is 13.2. The van der Waals surface area contributed by atoms with Gasteiger partial charge in [-0.1, -0.05) is 69.4 Å². The highest BCUT2D eigenvalue weighted by atomic mass is 16.2. The highest BCUT2D eigenvalue weighted by molar-refractivity contribution is 5.95. The predicted molar refractivity (Wildman–Crippen MR) is 135 cm³/mol. The molecule has 2 amide bonds. The van der Waals surface area contributed by atoms with Gasteiger partial charge in [0.05, 0.1) is 12.2 Å². The number of carbonyl (C=O) groups is 2. The fourth-order valence-electron chi connectivity index (χ4n) is 4.00. The van der Waals surface area contributed by atoms with Crippen LogP contribution in [0.2, 0.25) is 0 Å². The standard InChI is InChI=1S/C29H36N2O2/c1-29(2,3)20-10-11-21-30-27(32)16-8-9-17-28(33)31-22-25-14-5-4-12-23(25)18-19-24-13-6-7-15-26(24)31/h4-7,12-15H,8-11,16-17,20-22H2,1-3H3,(H,30,32). The molecule has 0 spiro atoms. The van der Waals surface area contributed by atoms with Crippen molar-refractivity contribution in [2.75, 3.05) is 11.4 Å². The van der Waals surface area contributed by atoms with E-state index in [9.17, 15) is 9.59 Å². The molecule has 0 saturated carbocycles. The molecule has 4 nitrogen and oxygen atoms in total. The lowest BCUT2D eigenvalue weighted by Crippen LogP contribution is -2.31. The number of para-hydroxylation sites is 1. The highest BCUT2D eigenvalue weighted by Gasteiger charge is 2.20. The number of hydrogen-bond donors (Lipinski definition) is 1. The van der Waals surface area contributed by atoms with Gasteiger partial charge in [0.25, 0.3) is 0 Å². The molecule has 1 aliphatic heterocycles. The predicted octanol–water partition coefficient (Wildman–Crippen LogP) is 5.83. The molecule has 2 aromatic rings. The van der Waals surface area contributed by atoms with Crippen LogP contribution in [0.1, 0.15) is 82.4 Å². The normalized spacial score (nSPS) is 12.5. The SMILES string of the molecule is CC(C)(C)CCCCNC(=O)CCCCC(=O)N1Cc2ccccc2C#Cc2ccccc21. The van der Waals surface area contributed by atoms with Gasteiger partial charge in [-0.15, -0.1) is 0 Å². The van der Waals surface area contributed by atoms with Crippen LogP contribution in [0.5, 0.6) is 0 Å². The van der Waals surface area contributed by atoms with Gasteiger partial charge in [-0.2, -0.15) is 0 Å². The van der Waals surface area contributed by atoms with Crippen molar-refractivity contribution in [2.24, 2.45) is 5.41 Å². The summed E-state index contributed by atoms with van der Waals surface area (Å²) in [4.78, 5) is 27.1. The number of nitrogens with zero attached hydrogens (tertiary/aromatic N) is 1. The molecule has 2 aromatic carbocycles. The Morgan fingerprint density at radius 2 is 1.55 bits per heavy atom. The van der Waals surface area contributed by atoms with Gasteiger partial charge in [-0.05, 0) is 54.9 Å². The van der Waals surface area contributed by atoms with Crippen LogP contribution in [-0.4, -0.2) is 18.4 Å². The molecular formula is C29H36N2O2. The van der Waals surface area contributed by atoms with E-state index in [0.29, 0.717) is 37.6 Å². The number of hydrogen-bond acceptors (Lipinski definition) is 2. The second-order valence-electron chi connectivity index (χ2n) is 9.98. The summed E-state index contributed by atoms with van der Waals surface area (Å²) in [7, 11) is 0. The van der Waals surface area contributed by atoms with Crippen LogP contribution in [0.25, 0.3) is 0 Å². The molecule has 0 saturated heterocycles. The molecule has 1 heterocycles. The van der Waals surface area contributed by atoms with Crippen molar-refractivity contribution in [3.63, 3.8) is 0 Å². The number of rotatable bonds is 9. The van der Waals surface area contributed by atoms with Gasteiger partial charge in [-0.3, -0.25) is 9.59 Å². The lowest BCUT2D eigenvalue weighted by Gasteiger charge is -2.26. The Hall–Kier alpha value is -3.06. The largest absolute Gasteiger partial charge is 0.356 e. The average molecular weight is 445 g/mol. The third-order valence-electron chi connectivity index (χ3n) is 5.89. The van der Waals surface area contributed by atoms with Gasteiger partial charge < -0.3 is 10.2 Å². The monoisotopic (exact) mass is 444 g/mol. The number of nitrogens with one attached hydrogen (secondary N) is 1. The molecule has 33 heavy (non-hydrogen) atoms. The molecule has 4 heteroatoms. The molecule has 0 fully saturated rings. The molecule has 0 aromatic heterocycles. The van der Waals surface area contributed by atoms with Gasteiger partial charge in [0.15, 0.2) is 0 Å². The summed E-state index contributed by atoms with van der Waals surface area (Å²) in [6.07, 6.45) is 5.61. The van der Waals surface area contributed by atoms with Gasteiger partial charge >= 0.3 is 0 Å². The van der Waals surface area contributed by atoms with E-state index >= 15 is 0 Å². The van der Waals surface area contributed by atoms with E-state index in [1.54, 1.807) is 0 Å². The molecule has 0 atom stereocenters. The van der Waals surface area contributed by atoms with E-state index in [0.717, 1.165) is 41.8 Å². The maximum atomic E-state index is 13.2. The summed E-state index contributed by atoms with van der Waals surface area (Å²) in [6, 6.07) is 15.8. The number of fused-ring (bicyclic) bond motifs is 2. The molecule has 1 N–H and O–H groups in total. The van der Waals surface area contributed by atoms with Crippen molar-refractivity contribution in [1.82, 2.24) is 5.32 Å². The van der Waals surface area contributed by atoms with Crippen LogP contribution in [0, 0.1) is 17.3 Å². The van der Waals surface area contributed by atoms with Crippen molar-refractivity contribution in [1.29, 1.82) is 0 Å². The maximum Gasteiger partial charge on any atom is 0.227 e. The third-order valence-corrected chi connectivity index (χ3v) is 5.89. The van der Waals surface area contributed by atoms with Crippen LogP contribution < -0.4 is 10.2 Å². The fraction of sp³-hybridized carbons (Fsp3) is 0.448. The Kier molecular flexibility index (Phi) is 8.72. The Morgan fingerprint density at radius 1 is 0.879 bits per heavy atom. The van der Waals surface area contributed by atoms with E-state index < -0.39 is 0 Å². The molecule has 1 aliphatic rings. The van der Waals surface area contributed by atoms with Crippen LogP contribution >= 0.6 is 0 Å². The third kappa shape index (κ3) is 7.79. The zero-order valence-electron chi connectivity index (χ0n) is 20.2. The number of anilines is 1. The summed E-state index contributed by atoms with van der Waals surface area (Å²) < 4.78 is 0. The Morgan fingerprint density at radius 3 is 2.33 bits per heavy atom. The zero-order valence-corrected chi connectivity index (χ0v) is 20.2. The average Bonchev–Trinajstić information content (AvgIpc) is 2.77. The molecule has 174 valence electrons. The Bertz CT molecular complexity index is 1020. The first-order chi connectivity index (χ1) is 15.8. The molecule has 0 aliphatic carbocycles. The van der Waals surface area contributed by atoms with Gasteiger partial charge in [0.2, 0.25) is 11.8 Å². The Balaban J connectivity index is 1.48. The second-order valence-corrected chi connectivity index (χ2v) is 9.98. The second kappa shape index (κ2) is 11.7. The smallest absolute Gasteiger partial charge is 0.227 e. The molecule has 0 radical (unpaired) electrons. The van der Waals surface area contributed by atoms with Crippen molar-refractivity contribution in [3.8, 4) is 11.8 Å². The van der Waals surface area contributed by atoms with Crippen LogP contribution in [0.3, 0.4) is 0 Å². The first kappa shape index (κ1) is 24.6. The number of benzene rings is 2. The fourth-order valence-corrected chi connectivity index (χ4v) is 4.00. The quantitative estimate of drug-likeness (QED) is 0.391. The number of amides is 2. The summed E-state index contributed by atoms with van der Waals surface area (Å²) in [5.74, 6) is 6.63. The molecule has 0 unspecified atom stereocenters. The highest BCUT2D eigenvalue weighted by Crippen LogP contribution is 2.26. The van der Waals surface area contributed by atoms with Crippen molar-refractivity contribution in [2.45, 2.75) is 72.3 Å².